The molecule has 4 rings (SSSR count). The minimum absolute atomic E-state index is 0. The van der Waals surface area contributed by atoms with Crippen molar-refractivity contribution in [3.63, 3.8) is 0 Å². The van der Waals surface area contributed by atoms with E-state index in [4.69, 9.17) is 0 Å². The number of carbonyl (C=O) groups is 2. The monoisotopic (exact) mass is 456 g/mol. The summed E-state index contributed by atoms with van der Waals surface area (Å²) in [6.07, 6.45) is 3.22. The Morgan fingerprint density at radius 2 is 1.96 bits per heavy atom. The molecule has 0 aliphatic rings. The van der Waals surface area contributed by atoms with E-state index in [2.05, 4.69) is 10.1 Å². The van der Waals surface area contributed by atoms with E-state index >= 15 is 0 Å². The first-order valence-electron chi connectivity index (χ1n) is 8.32. The van der Waals surface area contributed by atoms with E-state index < -0.39 is 0 Å². The van der Waals surface area contributed by atoms with Crippen molar-refractivity contribution in [2.45, 2.75) is 6.92 Å². The molecule has 1 aromatic carbocycles. The van der Waals surface area contributed by atoms with Crippen molar-refractivity contribution in [2.75, 3.05) is 11.9 Å². The highest BCUT2D eigenvalue weighted by Gasteiger charge is 2.18. The van der Waals surface area contributed by atoms with Crippen LogP contribution < -0.4 is 4.90 Å². The predicted molar refractivity (Wildman–Crippen MR) is 116 cm³/mol. The van der Waals surface area contributed by atoms with Gasteiger partial charge in [0.15, 0.2) is 5.65 Å². The van der Waals surface area contributed by atoms with Crippen LogP contribution in [-0.4, -0.2) is 33.3 Å². The minimum Gasteiger partial charge on any atom is -0.316 e. The third-order valence-electron chi connectivity index (χ3n) is 4.39. The van der Waals surface area contributed by atoms with Gasteiger partial charge in [0.05, 0.1) is 22.3 Å². The minimum atomic E-state index is -0.0882. The Labute approximate surface area is 176 Å². The largest absolute Gasteiger partial charge is 0.316 e. The van der Waals surface area contributed by atoms with E-state index in [9.17, 15) is 9.59 Å². The SMILES string of the molecule is Br.CC(=O)N(C)c1cccc(-c2ccnc3c(C(=O)c4cccs4)cnn23)c1. The number of hydrogen-bond acceptors (Lipinski definition) is 5. The second-order valence-electron chi connectivity index (χ2n) is 6.06. The van der Waals surface area contributed by atoms with Gasteiger partial charge >= 0.3 is 0 Å². The molecule has 0 fully saturated rings. The van der Waals surface area contributed by atoms with Crippen molar-refractivity contribution in [2.24, 2.45) is 0 Å². The van der Waals surface area contributed by atoms with E-state index in [0.717, 1.165) is 16.9 Å². The number of amides is 1. The maximum atomic E-state index is 12.7. The molecule has 3 heterocycles. The summed E-state index contributed by atoms with van der Waals surface area (Å²) in [5, 5.41) is 6.26. The van der Waals surface area contributed by atoms with E-state index in [-0.39, 0.29) is 28.7 Å². The van der Waals surface area contributed by atoms with Crippen LogP contribution in [0.1, 0.15) is 22.2 Å². The number of rotatable bonds is 4. The van der Waals surface area contributed by atoms with Crippen molar-refractivity contribution < 1.29 is 9.59 Å². The second-order valence-corrected chi connectivity index (χ2v) is 7.01. The first-order valence-corrected chi connectivity index (χ1v) is 9.20. The molecule has 142 valence electrons. The molecule has 0 aliphatic carbocycles. The molecule has 6 nitrogen and oxygen atoms in total. The number of ketones is 1. The van der Waals surface area contributed by atoms with Gasteiger partial charge in [0.2, 0.25) is 11.7 Å². The molecule has 4 aromatic rings. The fraction of sp³-hybridized carbons (Fsp3) is 0.100. The van der Waals surface area contributed by atoms with Crippen molar-refractivity contribution >= 4 is 51.3 Å². The number of halogens is 1. The summed E-state index contributed by atoms with van der Waals surface area (Å²) in [5.41, 5.74) is 3.44. The van der Waals surface area contributed by atoms with Gasteiger partial charge in [0, 0.05) is 31.4 Å². The third kappa shape index (κ3) is 3.48. The van der Waals surface area contributed by atoms with Crippen LogP contribution in [0.5, 0.6) is 0 Å². The summed E-state index contributed by atoms with van der Waals surface area (Å²) in [6, 6.07) is 13.1. The molecule has 28 heavy (non-hydrogen) atoms. The van der Waals surface area contributed by atoms with Gasteiger partial charge in [-0.3, -0.25) is 9.59 Å². The molecule has 0 saturated heterocycles. The summed E-state index contributed by atoms with van der Waals surface area (Å²) in [5.74, 6) is -0.135. The maximum Gasteiger partial charge on any atom is 0.223 e. The summed E-state index contributed by atoms with van der Waals surface area (Å²) in [7, 11) is 1.73. The average Bonchev–Trinajstić information content (AvgIpc) is 3.36. The molecular weight excluding hydrogens is 440 g/mol. The number of carbonyl (C=O) groups excluding carboxylic acids is 2. The Balaban J connectivity index is 0.00000225. The standard InChI is InChI=1S/C20H16N4O2S.BrH/c1-13(25)23(2)15-6-3-5-14(11-15)17-8-9-21-20-16(12-22-24(17)20)19(26)18-7-4-10-27-18;/h3-12H,1-2H3;1H. The van der Waals surface area contributed by atoms with Crippen LogP contribution in [0.25, 0.3) is 16.9 Å². The van der Waals surface area contributed by atoms with Crippen LogP contribution in [0.2, 0.25) is 0 Å². The normalized spacial score (nSPS) is 10.5. The molecule has 0 radical (unpaired) electrons. The second kappa shape index (κ2) is 8.04. The van der Waals surface area contributed by atoms with Crippen molar-refractivity contribution in [3.8, 4) is 11.3 Å². The quantitative estimate of drug-likeness (QED) is 0.430. The zero-order valence-electron chi connectivity index (χ0n) is 15.2. The lowest BCUT2D eigenvalue weighted by molar-refractivity contribution is -0.116. The van der Waals surface area contributed by atoms with Crippen LogP contribution in [0, 0.1) is 0 Å². The number of thiophene rings is 1. The van der Waals surface area contributed by atoms with Gasteiger partial charge in [-0.15, -0.1) is 28.3 Å². The molecule has 0 bridgehead atoms. The molecule has 0 spiro atoms. The molecule has 0 N–H and O–H groups in total. The summed E-state index contributed by atoms with van der Waals surface area (Å²) in [4.78, 5) is 31.0. The molecule has 1 amide bonds. The number of nitrogens with zero attached hydrogens (tertiary/aromatic N) is 4. The Kier molecular flexibility index (Phi) is 5.71. The highest BCUT2D eigenvalue weighted by molar-refractivity contribution is 8.93. The lowest BCUT2D eigenvalue weighted by atomic mass is 10.1. The summed E-state index contributed by atoms with van der Waals surface area (Å²) in [6.45, 7) is 1.52. The van der Waals surface area contributed by atoms with Gasteiger partial charge in [0.25, 0.3) is 0 Å². The molecule has 0 aliphatic heterocycles. The molecule has 8 heteroatoms. The Bertz CT molecular complexity index is 1150. The van der Waals surface area contributed by atoms with Crippen LogP contribution in [0.4, 0.5) is 5.69 Å². The highest BCUT2D eigenvalue weighted by atomic mass is 79.9. The molecule has 0 saturated carbocycles. The number of aromatic nitrogens is 3. The van der Waals surface area contributed by atoms with Gasteiger partial charge in [-0.25, -0.2) is 9.50 Å². The zero-order valence-corrected chi connectivity index (χ0v) is 17.7. The van der Waals surface area contributed by atoms with Crippen molar-refractivity contribution in [1.29, 1.82) is 0 Å². The van der Waals surface area contributed by atoms with E-state index in [1.165, 1.54) is 18.3 Å². The maximum absolute atomic E-state index is 12.7. The number of anilines is 1. The Morgan fingerprint density at radius 3 is 2.68 bits per heavy atom. The van der Waals surface area contributed by atoms with Gasteiger partial charge in [-0.1, -0.05) is 18.2 Å². The van der Waals surface area contributed by atoms with Gasteiger partial charge < -0.3 is 4.90 Å². The fourth-order valence-corrected chi connectivity index (χ4v) is 3.54. The van der Waals surface area contributed by atoms with Crippen LogP contribution >= 0.6 is 28.3 Å². The Hall–Kier alpha value is -2.84. The van der Waals surface area contributed by atoms with Gasteiger partial charge in [-0.05, 0) is 29.6 Å². The number of benzene rings is 1. The topological polar surface area (TPSA) is 67.6 Å². The summed E-state index contributed by atoms with van der Waals surface area (Å²) < 4.78 is 1.66. The van der Waals surface area contributed by atoms with Crippen LogP contribution in [0.15, 0.2) is 60.2 Å². The smallest absolute Gasteiger partial charge is 0.223 e. The third-order valence-corrected chi connectivity index (χ3v) is 5.26. The average molecular weight is 457 g/mol. The van der Waals surface area contributed by atoms with Crippen LogP contribution in [-0.2, 0) is 4.79 Å². The number of hydrogen-bond donors (Lipinski definition) is 0. The first-order chi connectivity index (χ1) is 13.1. The first kappa shape index (κ1) is 19.9. The summed E-state index contributed by atoms with van der Waals surface area (Å²) >= 11 is 1.39. The van der Waals surface area contributed by atoms with E-state index in [0.29, 0.717) is 16.1 Å². The van der Waals surface area contributed by atoms with Crippen molar-refractivity contribution in [3.05, 3.63) is 70.7 Å². The molecule has 3 aromatic heterocycles. The van der Waals surface area contributed by atoms with E-state index in [1.54, 1.807) is 34.9 Å². The van der Waals surface area contributed by atoms with Crippen LogP contribution in [0.3, 0.4) is 0 Å². The molecular formula is C20H17BrN4O2S. The van der Waals surface area contributed by atoms with Crippen molar-refractivity contribution in [1.82, 2.24) is 14.6 Å². The lowest BCUT2D eigenvalue weighted by Gasteiger charge is -2.16. The highest BCUT2D eigenvalue weighted by Crippen LogP contribution is 2.26. The molecule has 0 unspecified atom stereocenters. The lowest BCUT2D eigenvalue weighted by Crippen LogP contribution is -2.22. The fourth-order valence-electron chi connectivity index (χ4n) is 2.87. The predicted octanol–water partition coefficient (Wildman–Crippen LogP) is 4.25. The zero-order chi connectivity index (χ0) is 19.0. The Morgan fingerprint density at radius 1 is 1.14 bits per heavy atom. The number of fused-ring (bicyclic) bond motifs is 1. The van der Waals surface area contributed by atoms with Gasteiger partial charge in [-0.2, -0.15) is 5.10 Å². The van der Waals surface area contributed by atoms with Gasteiger partial charge in [0.1, 0.15) is 0 Å². The van der Waals surface area contributed by atoms with E-state index in [1.807, 2.05) is 41.8 Å². The molecule has 0 atom stereocenters.